The van der Waals surface area contributed by atoms with Crippen LogP contribution in [0, 0.1) is 11.7 Å². The lowest BCUT2D eigenvalue weighted by atomic mass is 10.1. The molecule has 2 aromatic carbocycles. The first-order valence-electron chi connectivity index (χ1n) is 10.8. The smallest absolute Gasteiger partial charge is 0.289 e. The van der Waals surface area contributed by atoms with E-state index in [0.29, 0.717) is 23.5 Å². The minimum absolute atomic E-state index is 0.0367. The third-order valence-electron chi connectivity index (χ3n) is 5.53. The van der Waals surface area contributed by atoms with Gasteiger partial charge in [-0.05, 0) is 53.8 Å². The quantitative estimate of drug-likeness (QED) is 0.338. The maximum Gasteiger partial charge on any atom is 0.289 e. The van der Waals surface area contributed by atoms with Crippen LogP contribution in [0.1, 0.15) is 20.3 Å². The Morgan fingerprint density at radius 3 is 2.06 bits per heavy atom. The molecule has 168 valence electrons. The molecule has 0 saturated heterocycles. The molecule has 0 aliphatic heterocycles. The molecule has 1 heterocycles. The summed E-state index contributed by atoms with van der Waals surface area (Å²) < 4.78 is 17.1. The second-order valence-corrected chi connectivity index (χ2v) is 8.28. The molecule has 5 rings (SSSR count). The van der Waals surface area contributed by atoms with Gasteiger partial charge in [-0.2, -0.15) is 5.10 Å². The number of benzene rings is 3. The Hall–Kier alpha value is -4.00. The fourth-order valence-corrected chi connectivity index (χ4v) is 3.69. The van der Waals surface area contributed by atoms with Crippen LogP contribution in [0.15, 0.2) is 87.5 Å². The van der Waals surface area contributed by atoms with Crippen LogP contribution in [-0.4, -0.2) is 9.13 Å². The molecule has 0 saturated carbocycles. The molecule has 0 atom stereocenters. The number of aromatic nitrogens is 2. The number of para-hydroxylation sites is 3. The predicted octanol–water partition coefficient (Wildman–Crippen LogP) is 3.78. The van der Waals surface area contributed by atoms with Crippen molar-refractivity contribution in [3.8, 4) is 16.8 Å². The molecule has 0 fully saturated rings. The van der Waals surface area contributed by atoms with Crippen LogP contribution in [0.4, 0.5) is 4.39 Å². The van der Waals surface area contributed by atoms with Crippen LogP contribution in [0.3, 0.4) is 0 Å². The maximum atomic E-state index is 14.5. The van der Waals surface area contributed by atoms with Crippen LogP contribution in [0.25, 0.3) is 27.8 Å². The van der Waals surface area contributed by atoms with Gasteiger partial charge in [-0.1, -0.05) is 56.3 Å². The number of nitrogens with two attached hydrogens (primary N) is 1. The third kappa shape index (κ3) is 4.48. The van der Waals surface area contributed by atoms with Gasteiger partial charge in [0.15, 0.2) is 0 Å². The van der Waals surface area contributed by atoms with E-state index in [4.69, 9.17) is 5.84 Å². The second kappa shape index (κ2) is 9.24. The van der Waals surface area contributed by atoms with Gasteiger partial charge in [-0.15, -0.1) is 0 Å². The van der Waals surface area contributed by atoms with E-state index in [-0.39, 0.29) is 5.69 Å². The van der Waals surface area contributed by atoms with Gasteiger partial charge in [-0.25, -0.2) is 4.39 Å². The summed E-state index contributed by atoms with van der Waals surface area (Å²) in [6.45, 7) is 4.48. The highest BCUT2D eigenvalue weighted by Crippen LogP contribution is 2.32. The molecule has 33 heavy (non-hydrogen) atoms. The Morgan fingerprint density at radius 1 is 0.879 bits per heavy atom. The van der Waals surface area contributed by atoms with Crippen LogP contribution in [0.5, 0.6) is 0 Å². The average molecular weight is 445 g/mol. The van der Waals surface area contributed by atoms with Gasteiger partial charge >= 0.3 is 0 Å². The summed E-state index contributed by atoms with van der Waals surface area (Å²) in [5.41, 5.74) is 2.46. The third-order valence-corrected chi connectivity index (χ3v) is 5.53. The Kier molecular flexibility index (Phi) is 6.22. The number of fused-ring (bicyclic) bond motifs is 2. The molecule has 0 bridgehead atoms. The molecular weight excluding hydrogens is 419 g/mol. The van der Waals surface area contributed by atoms with Crippen molar-refractivity contribution in [2.75, 3.05) is 0 Å². The minimum atomic E-state index is -0.757. The predicted molar refractivity (Wildman–Crippen MR) is 128 cm³/mol. The lowest BCUT2D eigenvalue weighted by Gasteiger charge is -2.11. The number of aryl methyl sites for hydroxylation is 1. The zero-order chi connectivity index (χ0) is 23.5. The van der Waals surface area contributed by atoms with Crippen molar-refractivity contribution in [3.05, 3.63) is 105 Å². The SMILES string of the molecule is CC(C)CCn1c(=O)c(=NN)c(=O)n(-c2ccccc2F)c2ccccc21.c1cc2cc-2c1. The number of nitrogens with zero attached hydrogens (tertiary/aromatic N) is 3. The molecule has 0 radical (unpaired) electrons. The fourth-order valence-electron chi connectivity index (χ4n) is 3.69. The van der Waals surface area contributed by atoms with E-state index in [1.54, 1.807) is 30.3 Å². The molecule has 1 aromatic heterocycles. The monoisotopic (exact) mass is 444 g/mol. The van der Waals surface area contributed by atoms with Gasteiger partial charge in [0.05, 0.1) is 16.7 Å². The van der Waals surface area contributed by atoms with Crippen LogP contribution < -0.4 is 22.3 Å². The van der Waals surface area contributed by atoms with E-state index in [1.165, 1.54) is 33.9 Å². The van der Waals surface area contributed by atoms with Gasteiger partial charge in [-0.3, -0.25) is 14.2 Å². The Labute approximate surface area is 190 Å². The zero-order valence-corrected chi connectivity index (χ0v) is 18.5. The van der Waals surface area contributed by atoms with Gasteiger partial charge in [0.1, 0.15) is 5.82 Å². The van der Waals surface area contributed by atoms with E-state index in [9.17, 15) is 14.0 Å². The number of rotatable bonds is 4. The highest BCUT2D eigenvalue weighted by molar-refractivity contribution is 5.80. The summed E-state index contributed by atoms with van der Waals surface area (Å²) in [4.78, 5) is 26.1. The summed E-state index contributed by atoms with van der Waals surface area (Å²) >= 11 is 0. The van der Waals surface area contributed by atoms with Crippen molar-refractivity contribution >= 4 is 11.0 Å². The van der Waals surface area contributed by atoms with Crippen molar-refractivity contribution in [2.45, 2.75) is 26.8 Å². The molecule has 0 spiro atoms. The normalized spacial score (nSPS) is 11.9. The molecule has 6 nitrogen and oxygen atoms in total. The number of hydrogen-bond donors (Lipinski definition) is 1. The van der Waals surface area contributed by atoms with Gasteiger partial charge in [0, 0.05) is 6.54 Å². The summed E-state index contributed by atoms with van der Waals surface area (Å²) in [6.07, 6.45) is 0.728. The molecule has 2 N–H and O–H groups in total. The van der Waals surface area contributed by atoms with Gasteiger partial charge in [0.2, 0.25) is 5.36 Å². The Morgan fingerprint density at radius 2 is 1.52 bits per heavy atom. The first-order chi connectivity index (χ1) is 15.9. The van der Waals surface area contributed by atoms with Gasteiger partial charge < -0.3 is 10.4 Å². The van der Waals surface area contributed by atoms with E-state index in [1.807, 2.05) is 13.8 Å². The molecule has 3 aromatic rings. The van der Waals surface area contributed by atoms with Crippen molar-refractivity contribution in [2.24, 2.45) is 16.9 Å². The highest BCUT2D eigenvalue weighted by Gasteiger charge is 2.15. The molecular formula is C26H25FN4O2. The fraction of sp³-hybridized carbons (Fsp3) is 0.192. The minimum Gasteiger partial charge on any atom is -0.322 e. The maximum absolute atomic E-state index is 14.5. The lowest BCUT2D eigenvalue weighted by molar-refractivity contribution is 0.516. The highest BCUT2D eigenvalue weighted by atomic mass is 19.1. The van der Waals surface area contributed by atoms with E-state index in [2.05, 4.69) is 29.4 Å². The van der Waals surface area contributed by atoms with E-state index < -0.39 is 22.3 Å². The topological polar surface area (TPSA) is 82.4 Å². The largest absolute Gasteiger partial charge is 0.322 e. The van der Waals surface area contributed by atoms with Crippen LogP contribution in [-0.2, 0) is 6.54 Å². The molecule has 0 unspecified atom stereocenters. The Bertz CT molecular complexity index is 1500. The molecule has 7 heteroatoms. The lowest BCUT2D eigenvalue weighted by Crippen LogP contribution is -2.45. The van der Waals surface area contributed by atoms with Crippen molar-refractivity contribution < 1.29 is 4.39 Å². The molecule has 0 amide bonds. The molecule has 2 aliphatic carbocycles. The van der Waals surface area contributed by atoms with Gasteiger partial charge in [0.25, 0.3) is 11.1 Å². The first kappa shape index (κ1) is 22.2. The first-order valence-corrected chi connectivity index (χ1v) is 10.8. The summed E-state index contributed by atoms with van der Waals surface area (Å²) in [5.74, 6) is 5.15. The van der Waals surface area contributed by atoms with E-state index in [0.717, 1.165) is 11.0 Å². The van der Waals surface area contributed by atoms with Crippen LogP contribution in [0.2, 0.25) is 0 Å². The van der Waals surface area contributed by atoms with Crippen molar-refractivity contribution in [1.29, 1.82) is 0 Å². The summed E-state index contributed by atoms with van der Waals surface area (Å²) in [7, 11) is 0. The standard InChI is InChI=1S/C20H21FN4O2.C6H4/c1-13(2)11-12-24-16-9-5-6-10-17(16)25(15-8-4-3-7-14(15)21)20(27)18(23-22)19(24)26;1-2-5-4-6(5)3-1/h3-10,13H,11-12,22H2,1-2H3;1-4H. The zero-order valence-electron chi connectivity index (χ0n) is 18.5. The number of halogens is 1. The number of hydrogen-bond acceptors (Lipinski definition) is 4. The molecule has 2 aliphatic rings. The summed E-state index contributed by atoms with van der Waals surface area (Å²) in [5, 5.41) is 3.01. The summed E-state index contributed by atoms with van der Waals surface area (Å²) in [6, 6.07) is 21.3. The second-order valence-electron chi connectivity index (χ2n) is 8.28. The van der Waals surface area contributed by atoms with Crippen molar-refractivity contribution in [1.82, 2.24) is 9.13 Å². The van der Waals surface area contributed by atoms with Crippen molar-refractivity contribution in [3.63, 3.8) is 0 Å². The Balaban J connectivity index is 0.000000367. The van der Waals surface area contributed by atoms with E-state index >= 15 is 0 Å². The average Bonchev–Trinajstić information content (AvgIpc) is 3.42. The van der Waals surface area contributed by atoms with Crippen LogP contribution >= 0.6 is 0 Å².